The van der Waals surface area contributed by atoms with Crippen molar-refractivity contribution in [3.05, 3.63) is 0 Å². The zero-order chi connectivity index (χ0) is 10.8. The van der Waals surface area contributed by atoms with Crippen LogP contribution in [0.5, 0.6) is 0 Å². The first kappa shape index (κ1) is 11.9. The topological polar surface area (TPSA) is 12.0 Å². The molecule has 1 nitrogen and oxygen atoms in total. The lowest BCUT2D eigenvalue weighted by molar-refractivity contribution is -0.0448. The first-order chi connectivity index (χ1) is 6.29. The lowest BCUT2D eigenvalue weighted by Crippen LogP contribution is -2.42. The Labute approximate surface area is 85.3 Å². The molecule has 0 aromatic heterocycles. The Hall–Kier alpha value is -0.180. The summed E-state index contributed by atoms with van der Waals surface area (Å²) in [7, 11) is 0. The normalized spacial score (nSPS) is 27.6. The van der Waals surface area contributed by atoms with Crippen LogP contribution in [-0.2, 0) is 0 Å². The van der Waals surface area contributed by atoms with Crippen LogP contribution in [0.2, 0.25) is 0 Å². The van der Waals surface area contributed by atoms with Gasteiger partial charge in [-0.25, -0.2) is 8.78 Å². The first-order valence-corrected chi connectivity index (χ1v) is 5.40. The Morgan fingerprint density at radius 3 is 2.50 bits per heavy atom. The van der Waals surface area contributed by atoms with Gasteiger partial charge in [0, 0.05) is 25.4 Å². The molecule has 0 bridgehead atoms. The average molecular weight is 205 g/mol. The number of hydrogen-bond acceptors (Lipinski definition) is 1. The van der Waals surface area contributed by atoms with Crippen molar-refractivity contribution in [1.82, 2.24) is 5.32 Å². The van der Waals surface area contributed by atoms with Gasteiger partial charge in [0.05, 0.1) is 0 Å². The minimum absolute atomic E-state index is 0.0120. The number of rotatable bonds is 2. The number of hydrogen-bond donors (Lipinski definition) is 1. The molecule has 3 heteroatoms. The molecule has 0 saturated heterocycles. The summed E-state index contributed by atoms with van der Waals surface area (Å²) in [6.07, 6.45) is 1.63. The van der Waals surface area contributed by atoms with E-state index in [9.17, 15) is 8.78 Å². The van der Waals surface area contributed by atoms with Gasteiger partial charge in [-0.15, -0.1) is 0 Å². The second kappa shape index (κ2) is 4.13. The van der Waals surface area contributed by atoms with Crippen LogP contribution in [0, 0.1) is 5.41 Å². The van der Waals surface area contributed by atoms with Gasteiger partial charge in [-0.05, 0) is 18.3 Å². The van der Waals surface area contributed by atoms with Crippen molar-refractivity contribution >= 4 is 0 Å². The van der Waals surface area contributed by atoms with Gasteiger partial charge in [0.25, 0.3) is 0 Å². The van der Waals surface area contributed by atoms with Gasteiger partial charge in [0.1, 0.15) is 0 Å². The molecule has 1 rings (SSSR count). The fourth-order valence-corrected chi connectivity index (χ4v) is 1.80. The van der Waals surface area contributed by atoms with Gasteiger partial charge in [0.2, 0.25) is 5.92 Å². The summed E-state index contributed by atoms with van der Waals surface area (Å²) in [5, 5.41) is 3.24. The largest absolute Gasteiger partial charge is 0.313 e. The molecule has 1 aliphatic carbocycles. The van der Waals surface area contributed by atoms with E-state index in [0.717, 1.165) is 13.0 Å². The van der Waals surface area contributed by atoms with E-state index in [1.54, 1.807) is 0 Å². The highest BCUT2D eigenvalue weighted by molar-refractivity contribution is 4.83. The average Bonchev–Trinajstić information content (AvgIpc) is 1.98. The third kappa shape index (κ3) is 4.36. The number of alkyl halides is 2. The number of nitrogens with one attached hydrogen (secondary N) is 1. The summed E-state index contributed by atoms with van der Waals surface area (Å²) in [6.45, 7) is 7.15. The van der Waals surface area contributed by atoms with E-state index in [-0.39, 0.29) is 24.3 Å². The molecule has 0 aromatic rings. The quantitative estimate of drug-likeness (QED) is 0.730. The van der Waals surface area contributed by atoms with E-state index in [0.29, 0.717) is 6.42 Å². The molecule has 0 amide bonds. The Bertz CT molecular complexity index is 184. The Morgan fingerprint density at radius 2 is 2.00 bits per heavy atom. The van der Waals surface area contributed by atoms with Crippen LogP contribution >= 0.6 is 0 Å². The maximum absolute atomic E-state index is 13.0. The molecule has 0 heterocycles. The van der Waals surface area contributed by atoms with Gasteiger partial charge in [-0.2, -0.15) is 0 Å². The van der Waals surface area contributed by atoms with Gasteiger partial charge < -0.3 is 5.32 Å². The van der Waals surface area contributed by atoms with E-state index in [1.807, 2.05) is 0 Å². The molecule has 1 aliphatic rings. The molecule has 1 N–H and O–H groups in total. The molecule has 1 atom stereocenters. The lowest BCUT2D eigenvalue weighted by atomic mass is 9.90. The molecule has 84 valence electrons. The fraction of sp³-hybridized carbons (Fsp3) is 1.00. The van der Waals surface area contributed by atoms with E-state index >= 15 is 0 Å². The van der Waals surface area contributed by atoms with Crippen molar-refractivity contribution < 1.29 is 8.78 Å². The van der Waals surface area contributed by atoms with Crippen LogP contribution in [0.4, 0.5) is 8.78 Å². The number of halogens is 2. The van der Waals surface area contributed by atoms with E-state index < -0.39 is 5.92 Å². The zero-order valence-corrected chi connectivity index (χ0v) is 9.37. The highest BCUT2D eigenvalue weighted by Gasteiger charge is 2.36. The summed E-state index contributed by atoms with van der Waals surface area (Å²) < 4.78 is 26.1. The minimum atomic E-state index is -2.44. The maximum Gasteiger partial charge on any atom is 0.249 e. The maximum atomic E-state index is 13.0. The van der Waals surface area contributed by atoms with Crippen molar-refractivity contribution in [2.24, 2.45) is 5.41 Å². The summed E-state index contributed by atoms with van der Waals surface area (Å²) in [4.78, 5) is 0. The molecule has 0 aliphatic heterocycles. The van der Waals surface area contributed by atoms with Crippen LogP contribution < -0.4 is 5.32 Å². The summed E-state index contributed by atoms with van der Waals surface area (Å²) in [6, 6.07) is 0.0120. The minimum Gasteiger partial charge on any atom is -0.313 e. The molecule has 0 spiro atoms. The van der Waals surface area contributed by atoms with Crippen molar-refractivity contribution in [3.8, 4) is 0 Å². The van der Waals surface area contributed by atoms with E-state index in [1.165, 1.54) is 0 Å². The fourth-order valence-electron chi connectivity index (χ4n) is 1.80. The SMILES string of the molecule is CC(C)(C)CNC1CCCC(F)(F)C1. The van der Waals surface area contributed by atoms with Gasteiger partial charge in [-0.3, -0.25) is 0 Å². The molecule has 0 aromatic carbocycles. The smallest absolute Gasteiger partial charge is 0.249 e. The second-order valence-corrected chi connectivity index (χ2v) is 5.59. The van der Waals surface area contributed by atoms with Gasteiger partial charge in [-0.1, -0.05) is 20.8 Å². The highest BCUT2D eigenvalue weighted by Crippen LogP contribution is 2.33. The summed E-state index contributed by atoms with van der Waals surface area (Å²) >= 11 is 0. The van der Waals surface area contributed by atoms with Gasteiger partial charge >= 0.3 is 0 Å². The van der Waals surface area contributed by atoms with E-state index in [4.69, 9.17) is 0 Å². The Morgan fingerprint density at radius 1 is 1.36 bits per heavy atom. The van der Waals surface area contributed by atoms with Crippen molar-refractivity contribution in [3.63, 3.8) is 0 Å². The van der Waals surface area contributed by atoms with Crippen molar-refractivity contribution in [2.75, 3.05) is 6.54 Å². The van der Waals surface area contributed by atoms with Crippen LogP contribution in [-0.4, -0.2) is 18.5 Å². The van der Waals surface area contributed by atoms with Crippen LogP contribution in [0.15, 0.2) is 0 Å². The van der Waals surface area contributed by atoms with Crippen LogP contribution in [0.1, 0.15) is 46.5 Å². The third-order valence-electron chi connectivity index (χ3n) is 2.56. The lowest BCUT2D eigenvalue weighted by Gasteiger charge is -2.31. The standard InChI is InChI=1S/C11H21F2N/c1-10(2,3)8-14-9-5-4-6-11(12,13)7-9/h9,14H,4-8H2,1-3H3. The first-order valence-electron chi connectivity index (χ1n) is 5.40. The Balaban J connectivity index is 2.32. The van der Waals surface area contributed by atoms with Gasteiger partial charge in [0.15, 0.2) is 0 Å². The molecule has 1 fully saturated rings. The monoisotopic (exact) mass is 205 g/mol. The van der Waals surface area contributed by atoms with Crippen molar-refractivity contribution in [1.29, 1.82) is 0 Å². The predicted molar refractivity (Wildman–Crippen MR) is 54.7 cm³/mol. The second-order valence-electron chi connectivity index (χ2n) is 5.59. The van der Waals surface area contributed by atoms with Crippen molar-refractivity contribution in [2.45, 2.75) is 58.4 Å². The molecular formula is C11H21F2N. The van der Waals surface area contributed by atoms with Crippen LogP contribution in [0.25, 0.3) is 0 Å². The van der Waals surface area contributed by atoms with Crippen LogP contribution in [0.3, 0.4) is 0 Å². The molecule has 0 radical (unpaired) electrons. The summed E-state index contributed by atoms with van der Waals surface area (Å²) in [5.41, 5.74) is 0.173. The Kier molecular flexibility index (Phi) is 3.51. The zero-order valence-electron chi connectivity index (χ0n) is 9.37. The predicted octanol–water partition coefficient (Wildman–Crippen LogP) is 3.20. The van der Waals surface area contributed by atoms with E-state index in [2.05, 4.69) is 26.1 Å². The third-order valence-corrected chi connectivity index (χ3v) is 2.56. The highest BCUT2D eigenvalue weighted by atomic mass is 19.3. The molecule has 1 unspecified atom stereocenters. The molecule has 14 heavy (non-hydrogen) atoms. The molecular weight excluding hydrogens is 184 g/mol. The summed E-state index contributed by atoms with van der Waals surface area (Å²) in [5.74, 6) is -2.44. The molecule has 1 saturated carbocycles.